The summed E-state index contributed by atoms with van der Waals surface area (Å²) >= 11 is 0. The van der Waals surface area contributed by atoms with Crippen molar-refractivity contribution in [3.63, 3.8) is 0 Å². The Balaban J connectivity index is 1.92. The van der Waals surface area contributed by atoms with E-state index in [1.807, 2.05) is 27.7 Å². The Kier molecular flexibility index (Phi) is 11.1. The van der Waals surface area contributed by atoms with Crippen molar-refractivity contribution in [3.05, 3.63) is 64.5 Å². The molecule has 15 heteroatoms. The number of aliphatic hydroxyl groups is 2. The monoisotopic (exact) mass is 626 g/mol. The highest BCUT2D eigenvalue weighted by Gasteiger charge is 2.48. The van der Waals surface area contributed by atoms with Crippen LogP contribution in [0.1, 0.15) is 54.7 Å². The van der Waals surface area contributed by atoms with Gasteiger partial charge in [-0.1, -0.05) is 24.3 Å². The zero-order valence-corrected chi connectivity index (χ0v) is 27.1. The zero-order chi connectivity index (χ0) is 34.9. The fourth-order valence-electron chi connectivity index (χ4n) is 6.14. The summed E-state index contributed by atoms with van der Waals surface area (Å²) in [4.78, 5) is 39.8. The van der Waals surface area contributed by atoms with Gasteiger partial charge in [0.05, 0.1) is 38.4 Å². The lowest BCUT2D eigenvalue weighted by Gasteiger charge is -2.47. The molecule has 2 aromatic rings. The van der Waals surface area contributed by atoms with Gasteiger partial charge in [0.25, 0.3) is 0 Å². The molecule has 0 aromatic heterocycles. The SMILES string of the molecule is [B]C(O)(Nc1cccc(C=O)c1CN(C)C(C(=O)NC)C([B])([B])C([B])(O)C=O)c1ccc(CN2CC(C)(C)OC(C)(C)C2)cc1F. The number of ether oxygens (including phenoxy) is 1. The predicted octanol–water partition coefficient (Wildman–Crippen LogP) is 0.466. The van der Waals surface area contributed by atoms with Crippen LogP contribution >= 0.6 is 0 Å². The van der Waals surface area contributed by atoms with Crippen molar-refractivity contribution in [1.29, 1.82) is 0 Å². The van der Waals surface area contributed by atoms with Crippen LogP contribution in [0.2, 0.25) is 5.21 Å². The third-order valence-electron chi connectivity index (χ3n) is 7.94. The van der Waals surface area contributed by atoms with Crippen LogP contribution in [0.3, 0.4) is 0 Å². The number of anilines is 1. The number of nitrogens with one attached hydrogen (secondary N) is 2. The highest BCUT2D eigenvalue weighted by molar-refractivity contribution is 6.49. The van der Waals surface area contributed by atoms with Crippen LogP contribution in [0.15, 0.2) is 36.4 Å². The van der Waals surface area contributed by atoms with Gasteiger partial charge in [0, 0.05) is 50.0 Å². The average molecular weight is 626 g/mol. The predicted molar refractivity (Wildman–Crippen MR) is 176 cm³/mol. The Labute approximate surface area is 275 Å². The maximum atomic E-state index is 15.5. The van der Waals surface area contributed by atoms with Crippen LogP contribution < -0.4 is 10.6 Å². The summed E-state index contributed by atoms with van der Waals surface area (Å²) in [6.45, 7) is 9.47. The third-order valence-corrected chi connectivity index (χ3v) is 7.94. The van der Waals surface area contributed by atoms with E-state index in [0.29, 0.717) is 31.5 Å². The average Bonchev–Trinajstić information content (AvgIpc) is 2.91. The molecule has 1 amide bonds. The van der Waals surface area contributed by atoms with Crippen molar-refractivity contribution >= 4 is 55.6 Å². The lowest BCUT2D eigenvalue weighted by molar-refractivity contribution is -0.182. The van der Waals surface area contributed by atoms with Crippen LogP contribution in [0.5, 0.6) is 0 Å². The minimum atomic E-state index is -2.82. The van der Waals surface area contributed by atoms with Gasteiger partial charge in [0.15, 0.2) is 7.85 Å². The number of amides is 1. The number of morpholine rings is 1. The standard InChI is InChI=1S/C31H39B4FN4O6/c1-27(2)16-40(17-28(3,4)46-27)13-19-10-11-22(23(36)12-19)31(35,45)38-24-9-7-8-20(15-41)21(24)14-39(6)25(26(43)37-5)30(33,34)29(32,44)18-42/h7-12,15,18,25,38,44-45H,13-14,16-17H2,1-6H3,(H,37,43). The molecule has 2 aromatic carbocycles. The van der Waals surface area contributed by atoms with E-state index in [9.17, 15) is 24.6 Å². The number of nitrogens with zero attached hydrogens (tertiary/aromatic N) is 2. The summed E-state index contributed by atoms with van der Waals surface area (Å²) in [6.07, 6.45) is 0.450. The molecule has 1 aliphatic rings. The maximum Gasteiger partial charge on any atom is 0.236 e. The number of rotatable bonds is 13. The molecule has 0 aliphatic carbocycles. The molecule has 1 saturated heterocycles. The molecule has 1 fully saturated rings. The van der Waals surface area contributed by atoms with E-state index in [1.54, 1.807) is 6.07 Å². The van der Waals surface area contributed by atoms with Crippen LogP contribution in [-0.2, 0) is 33.0 Å². The van der Waals surface area contributed by atoms with Gasteiger partial charge in [0.2, 0.25) is 5.91 Å². The van der Waals surface area contributed by atoms with Crippen LogP contribution in [0.25, 0.3) is 0 Å². The third kappa shape index (κ3) is 8.30. The fourth-order valence-corrected chi connectivity index (χ4v) is 6.14. The summed E-state index contributed by atoms with van der Waals surface area (Å²) in [7, 11) is 26.6. The Morgan fingerprint density at radius 2 is 1.72 bits per heavy atom. The highest BCUT2D eigenvalue weighted by Crippen LogP contribution is 2.37. The Hall–Kier alpha value is -2.96. The summed E-state index contributed by atoms with van der Waals surface area (Å²) in [6, 6.07) is 7.21. The van der Waals surface area contributed by atoms with Gasteiger partial charge < -0.3 is 30.4 Å². The molecule has 0 spiro atoms. The van der Waals surface area contributed by atoms with Crippen molar-refractivity contribution in [2.75, 3.05) is 32.5 Å². The number of halogens is 1. The van der Waals surface area contributed by atoms with Crippen molar-refractivity contribution in [2.45, 2.75) is 74.4 Å². The lowest BCUT2D eigenvalue weighted by Crippen LogP contribution is -2.61. The summed E-state index contributed by atoms with van der Waals surface area (Å²) < 4.78 is 21.7. The summed E-state index contributed by atoms with van der Waals surface area (Å²) in [5, 5.41) is 24.2. The van der Waals surface area contributed by atoms with Crippen LogP contribution in [0, 0.1) is 5.82 Å². The smallest absolute Gasteiger partial charge is 0.236 e. The van der Waals surface area contributed by atoms with Gasteiger partial charge in [-0.3, -0.25) is 19.4 Å². The molecule has 0 bridgehead atoms. The van der Waals surface area contributed by atoms with E-state index in [4.69, 9.17) is 36.1 Å². The Bertz CT molecular complexity index is 1440. The van der Waals surface area contributed by atoms with E-state index in [-0.39, 0.29) is 46.4 Å². The Morgan fingerprint density at radius 1 is 1.11 bits per heavy atom. The number of likely N-dealkylation sites (N-methyl/N-ethyl adjacent to an activating group) is 2. The van der Waals surface area contributed by atoms with E-state index >= 15 is 4.39 Å². The number of hydrogen-bond donors (Lipinski definition) is 4. The minimum Gasteiger partial charge on any atom is -0.393 e. The van der Waals surface area contributed by atoms with Crippen molar-refractivity contribution in [2.24, 2.45) is 0 Å². The van der Waals surface area contributed by atoms with Crippen LogP contribution in [-0.4, -0.2) is 120 Å². The molecule has 46 heavy (non-hydrogen) atoms. The second-order valence-corrected chi connectivity index (χ2v) is 13.3. The summed E-state index contributed by atoms with van der Waals surface area (Å²) in [5.41, 5.74) is -5.22. The second-order valence-electron chi connectivity index (χ2n) is 13.3. The first-order valence-electron chi connectivity index (χ1n) is 14.6. The van der Waals surface area contributed by atoms with Crippen molar-refractivity contribution in [1.82, 2.24) is 15.1 Å². The normalized spacial score (nSPS) is 19.8. The molecule has 4 N–H and O–H groups in total. The molecule has 1 aliphatic heterocycles. The Morgan fingerprint density at radius 3 is 2.24 bits per heavy atom. The maximum absolute atomic E-state index is 15.5. The molecule has 10 nitrogen and oxygen atoms in total. The minimum absolute atomic E-state index is 0.0833. The quantitative estimate of drug-likeness (QED) is 0.143. The van der Waals surface area contributed by atoms with Gasteiger partial charge in [-0.2, -0.15) is 0 Å². The van der Waals surface area contributed by atoms with Gasteiger partial charge in [0.1, 0.15) is 31.9 Å². The number of carbonyl (C=O) groups is 3. The van der Waals surface area contributed by atoms with E-state index in [0.717, 1.165) is 0 Å². The highest BCUT2D eigenvalue weighted by atomic mass is 19.1. The van der Waals surface area contributed by atoms with E-state index in [1.165, 1.54) is 49.3 Å². The molecule has 3 rings (SSSR count). The fraction of sp³-hybridized carbons (Fsp3) is 0.516. The molecule has 3 atom stereocenters. The number of carbonyl (C=O) groups excluding carboxylic acids is 3. The molecular formula is C31H39B4FN4O6. The van der Waals surface area contributed by atoms with Gasteiger partial charge in [-0.15, -0.1) is 0 Å². The van der Waals surface area contributed by atoms with Crippen LogP contribution in [0.4, 0.5) is 10.1 Å². The molecule has 3 unspecified atom stereocenters. The van der Waals surface area contributed by atoms with Gasteiger partial charge in [-0.05, 0) is 63.2 Å². The van der Waals surface area contributed by atoms with Crippen molar-refractivity contribution < 1.29 is 33.7 Å². The first kappa shape index (κ1) is 37.5. The summed E-state index contributed by atoms with van der Waals surface area (Å²) in [5.74, 6) is -1.56. The second kappa shape index (κ2) is 13.6. The molecule has 1 heterocycles. The first-order chi connectivity index (χ1) is 21.1. The number of hydrogen-bond acceptors (Lipinski definition) is 9. The van der Waals surface area contributed by atoms with Crippen molar-refractivity contribution in [3.8, 4) is 0 Å². The van der Waals surface area contributed by atoms with Gasteiger partial charge in [-0.25, -0.2) is 4.39 Å². The van der Waals surface area contributed by atoms with Gasteiger partial charge >= 0.3 is 0 Å². The molecular weight excluding hydrogens is 587 g/mol. The largest absolute Gasteiger partial charge is 0.393 e. The zero-order valence-electron chi connectivity index (χ0n) is 27.1. The molecule has 238 valence electrons. The molecule has 0 saturated carbocycles. The first-order valence-corrected chi connectivity index (χ1v) is 14.6. The van der Waals surface area contributed by atoms with E-state index in [2.05, 4.69) is 15.5 Å². The molecule has 8 radical (unpaired) electrons. The van der Waals surface area contributed by atoms with E-state index < -0.39 is 34.1 Å². The number of aldehydes is 2. The topological polar surface area (TPSA) is 131 Å². The lowest BCUT2D eigenvalue weighted by atomic mass is 9.38. The number of benzene rings is 2.